The zero-order valence-corrected chi connectivity index (χ0v) is 14.0. The number of rotatable bonds is 2. The summed E-state index contributed by atoms with van der Waals surface area (Å²) in [6.45, 7) is 3.55. The van der Waals surface area contributed by atoms with E-state index in [1.54, 1.807) is 23.6 Å². The number of hydrogen-bond donors (Lipinski definition) is 1. The van der Waals surface area contributed by atoms with E-state index in [0.717, 1.165) is 23.8 Å². The van der Waals surface area contributed by atoms with Crippen molar-refractivity contribution in [3.63, 3.8) is 0 Å². The number of carbonyl (C=O) groups is 1. The summed E-state index contributed by atoms with van der Waals surface area (Å²) in [7, 11) is 0. The zero-order chi connectivity index (χ0) is 18.4. The smallest absolute Gasteiger partial charge is 0.319 e. The lowest BCUT2D eigenvalue weighted by molar-refractivity contribution is -0.137. The summed E-state index contributed by atoms with van der Waals surface area (Å²) < 4.78 is 40.1. The minimum atomic E-state index is -4.53. The number of nitrogens with zero attached hydrogens (tertiary/aromatic N) is 2. The Bertz CT molecular complexity index is 979. The summed E-state index contributed by atoms with van der Waals surface area (Å²) in [6, 6.07) is 6.39. The van der Waals surface area contributed by atoms with E-state index in [2.05, 4.69) is 10.3 Å². The van der Waals surface area contributed by atoms with Crippen LogP contribution in [0.2, 0.25) is 5.02 Å². The quantitative estimate of drug-likeness (QED) is 0.702. The van der Waals surface area contributed by atoms with Crippen LogP contribution in [0.3, 0.4) is 0 Å². The molecule has 0 spiro atoms. The van der Waals surface area contributed by atoms with Gasteiger partial charge in [-0.2, -0.15) is 13.2 Å². The number of carbonyl (C=O) groups excluding carboxylic acids is 1. The van der Waals surface area contributed by atoms with Gasteiger partial charge in [0, 0.05) is 6.20 Å². The van der Waals surface area contributed by atoms with Crippen molar-refractivity contribution in [3.8, 4) is 0 Å². The minimum Gasteiger partial charge on any atom is -0.319 e. The average Bonchev–Trinajstić information content (AvgIpc) is 2.83. The highest BCUT2D eigenvalue weighted by Gasteiger charge is 2.31. The number of pyridine rings is 1. The van der Waals surface area contributed by atoms with Crippen LogP contribution in [-0.2, 0) is 6.18 Å². The number of amides is 1. The third-order valence-electron chi connectivity index (χ3n) is 3.71. The molecule has 0 radical (unpaired) electrons. The van der Waals surface area contributed by atoms with E-state index in [-0.39, 0.29) is 16.4 Å². The Morgan fingerprint density at radius 3 is 2.60 bits per heavy atom. The molecular weight excluding hydrogens is 355 g/mol. The van der Waals surface area contributed by atoms with Crippen LogP contribution in [0.1, 0.15) is 27.3 Å². The maximum atomic E-state index is 12.9. The third-order valence-corrected chi connectivity index (χ3v) is 4.04. The van der Waals surface area contributed by atoms with Gasteiger partial charge in [-0.3, -0.25) is 9.20 Å². The molecule has 0 aliphatic carbocycles. The first-order valence-electron chi connectivity index (χ1n) is 7.30. The van der Waals surface area contributed by atoms with Gasteiger partial charge in [0.2, 0.25) is 0 Å². The average molecular weight is 368 g/mol. The molecule has 1 N–H and O–H groups in total. The number of hydrogen-bond acceptors (Lipinski definition) is 2. The van der Waals surface area contributed by atoms with Crippen molar-refractivity contribution in [2.45, 2.75) is 20.0 Å². The number of halogens is 4. The molecule has 8 heteroatoms. The zero-order valence-electron chi connectivity index (χ0n) is 13.3. The summed E-state index contributed by atoms with van der Waals surface area (Å²) in [5, 5.41) is 2.46. The summed E-state index contributed by atoms with van der Waals surface area (Å²) in [6.07, 6.45) is -2.84. The molecule has 0 aliphatic rings. The van der Waals surface area contributed by atoms with Gasteiger partial charge in [-0.05, 0) is 49.7 Å². The normalized spacial score (nSPS) is 11.8. The predicted molar refractivity (Wildman–Crippen MR) is 89.1 cm³/mol. The Morgan fingerprint density at radius 2 is 1.92 bits per heavy atom. The van der Waals surface area contributed by atoms with E-state index in [4.69, 9.17) is 11.6 Å². The molecule has 4 nitrogen and oxygen atoms in total. The van der Waals surface area contributed by atoms with Gasteiger partial charge in [0.15, 0.2) is 0 Å². The first kappa shape index (κ1) is 17.3. The van der Waals surface area contributed by atoms with Crippen molar-refractivity contribution >= 4 is 28.8 Å². The number of alkyl halides is 3. The molecule has 1 amide bonds. The first-order chi connectivity index (χ1) is 11.7. The number of benzene rings is 1. The van der Waals surface area contributed by atoms with Crippen molar-refractivity contribution in [3.05, 3.63) is 64.1 Å². The van der Waals surface area contributed by atoms with Crippen molar-refractivity contribution in [1.29, 1.82) is 0 Å². The number of aromatic nitrogens is 2. The summed E-state index contributed by atoms with van der Waals surface area (Å²) in [5.41, 5.74) is 1.26. The molecule has 0 unspecified atom stereocenters. The number of fused-ring (bicyclic) bond motifs is 1. The third kappa shape index (κ3) is 3.32. The Balaban J connectivity index is 2.00. The molecule has 25 heavy (non-hydrogen) atoms. The Morgan fingerprint density at radius 1 is 1.20 bits per heavy atom. The van der Waals surface area contributed by atoms with Crippen LogP contribution in [0.15, 0.2) is 36.5 Å². The van der Waals surface area contributed by atoms with Gasteiger partial charge in [-0.15, -0.1) is 0 Å². The Labute approximate surface area is 146 Å². The second-order valence-corrected chi connectivity index (χ2v) is 6.03. The van der Waals surface area contributed by atoms with Gasteiger partial charge in [0.1, 0.15) is 11.3 Å². The summed E-state index contributed by atoms with van der Waals surface area (Å²) in [4.78, 5) is 16.9. The fourth-order valence-corrected chi connectivity index (χ4v) is 2.68. The molecule has 3 rings (SSSR count). The van der Waals surface area contributed by atoms with Crippen LogP contribution < -0.4 is 5.32 Å². The van der Waals surface area contributed by atoms with Crippen molar-refractivity contribution < 1.29 is 18.0 Å². The van der Waals surface area contributed by atoms with Crippen LogP contribution >= 0.6 is 11.6 Å². The molecule has 130 valence electrons. The predicted octanol–water partition coefficient (Wildman–Crippen LogP) is 4.88. The number of anilines is 1. The first-order valence-corrected chi connectivity index (χ1v) is 7.68. The highest BCUT2D eigenvalue weighted by molar-refractivity contribution is 6.34. The lowest BCUT2D eigenvalue weighted by Gasteiger charge is -2.12. The van der Waals surface area contributed by atoms with E-state index >= 15 is 0 Å². The molecule has 2 aromatic heterocycles. The molecule has 3 aromatic rings. The number of nitrogens with one attached hydrogen (secondary N) is 1. The minimum absolute atomic E-state index is 0.0173. The monoisotopic (exact) mass is 367 g/mol. The van der Waals surface area contributed by atoms with Gasteiger partial charge in [0.05, 0.1) is 22.0 Å². The second kappa shape index (κ2) is 6.07. The molecular formula is C17H13ClF3N3O. The molecule has 0 saturated heterocycles. The van der Waals surface area contributed by atoms with E-state index in [9.17, 15) is 18.0 Å². The van der Waals surface area contributed by atoms with Gasteiger partial charge in [-0.25, -0.2) is 4.98 Å². The van der Waals surface area contributed by atoms with Crippen LogP contribution in [0.25, 0.3) is 5.65 Å². The van der Waals surface area contributed by atoms with E-state index in [1.807, 2.05) is 13.0 Å². The fraction of sp³-hybridized carbons (Fsp3) is 0.176. The molecule has 2 heterocycles. The topological polar surface area (TPSA) is 46.4 Å². The van der Waals surface area contributed by atoms with Crippen molar-refractivity contribution in [2.75, 3.05) is 5.32 Å². The van der Waals surface area contributed by atoms with E-state index in [0.29, 0.717) is 11.3 Å². The van der Waals surface area contributed by atoms with E-state index in [1.165, 1.54) is 0 Å². The van der Waals surface area contributed by atoms with Crippen LogP contribution in [0.4, 0.5) is 18.9 Å². The maximum Gasteiger partial charge on any atom is 0.416 e. The highest BCUT2D eigenvalue weighted by Crippen LogP contribution is 2.34. The number of imidazole rings is 1. The second-order valence-electron chi connectivity index (χ2n) is 5.62. The Hall–Kier alpha value is -2.54. The number of aryl methyl sites for hydroxylation is 2. The maximum absolute atomic E-state index is 12.9. The van der Waals surface area contributed by atoms with Crippen molar-refractivity contribution in [1.82, 2.24) is 9.38 Å². The largest absolute Gasteiger partial charge is 0.416 e. The Kier molecular flexibility index (Phi) is 4.20. The van der Waals surface area contributed by atoms with Gasteiger partial charge >= 0.3 is 6.18 Å². The fourth-order valence-electron chi connectivity index (χ4n) is 2.52. The molecule has 0 aliphatic heterocycles. The van der Waals surface area contributed by atoms with Crippen LogP contribution in [-0.4, -0.2) is 15.3 Å². The molecule has 1 aromatic carbocycles. The van der Waals surface area contributed by atoms with Crippen LogP contribution in [0, 0.1) is 13.8 Å². The highest BCUT2D eigenvalue weighted by atomic mass is 35.5. The van der Waals surface area contributed by atoms with Gasteiger partial charge in [0.25, 0.3) is 5.91 Å². The lowest BCUT2D eigenvalue weighted by Crippen LogP contribution is -2.16. The molecule has 0 bridgehead atoms. The molecule has 0 saturated carbocycles. The van der Waals surface area contributed by atoms with Gasteiger partial charge in [-0.1, -0.05) is 11.6 Å². The van der Waals surface area contributed by atoms with Crippen molar-refractivity contribution in [2.24, 2.45) is 0 Å². The molecule has 0 fully saturated rings. The summed E-state index contributed by atoms with van der Waals surface area (Å²) >= 11 is 5.93. The standard InChI is InChI=1S/C17H13ClF3N3O/c1-9-5-6-24-14(7-9)22-10(2)15(24)16(25)23-13-8-11(17(19,20)21)3-4-12(13)18/h3-8H,1-2H3,(H,23,25). The summed E-state index contributed by atoms with van der Waals surface area (Å²) in [5.74, 6) is -0.588. The molecule has 0 atom stereocenters. The van der Waals surface area contributed by atoms with Gasteiger partial charge < -0.3 is 5.32 Å². The lowest BCUT2D eigenvalue weighted by atomic mass is 10.2. The SMILES string of the molecule is Cc1ccn2c(C(=O)Nc3cc(C(F)(F)F)ccc3Cl)c(C)nc2c1. The van der Waals surface area contributed by atoms with Crippen LogP contribution in [0.5, 0.6) is 0 Å². The van der Waals surface area contributed by atoms with E-state index < -0.39 is 17.6 Å².